The number of thiocarbonyl (C=S) groups is 1. The molecule has 0 aromatic heterocycles. The quantitative estimate of drug-likeness (QED) is 0.541. The molecule has 0 saturated carbocycles. The van der Waals surface area contributed by atoms with Crippen LogP contribution in [0, 0.1) is 0 Å². The van der Waals surface area contributed by atoms with Crippen molar-refractivity contribution in [2.45, 2.75) is 13.3 Å². The Labute approximate surface area is 54.8 Å². The smallest absolute Gasteiger partial charge is 0.0790 e. The molecule has 0 aromatic rings. The zero-order valence-corrected chi connectivity index (χ0v) is 5.66. The summed E-state index contributed by atoms with van der Waals surface area (Å²) in [5.41, 5.74) is 5.03. The molecular formula is C5H10N2S. The van der Waals surface area contributed by atoms with Gasteiger partial charge in [-0.1, -0.05) is 19.1 Å². The van der Waals surface area contributed by atoms with Gasteiger partial charge in [0.2, 0.25) is 0 Å². The molecule has 2 nitrogen and oxygen atoms in total. The number of hydrogen-bond donors (Lipinski definition) is 2. The van der Waals surface area contributed by atoms with Crippen molar-refractivity contribution in [2.75, 3.05) is 0 Å². The van der Waals surface area contributed by atoms with Gasteiger partial charge in [-0.05, 0) is 6.42 Å². The van der Waals surface area contributed by atoms with E-state index in [1.54, 1.807) is 6.20 Å². The van der Waals surface area contributed by atoms with Crippen LogP contribution in [-0.4, -0.2) is 4.99 Å². The van der Waals surface area contributed by atoms with E-state index in [0.717, 1.165) is 11.4 Å². The SMILES string of the molecule is CCC(=S)N/C=C\N. The Kier molecular flexibility index (Phi) is 4.26. The fourth-order valence-electron chi connectivity index (χ4n) is 0.243. The van der Waals surface area contributed by atoms with Gasteiger partial charge in [-0.25, -0.2) is 0 Å². The molecule has 0 fully saturated rings. The van der Waals surface area contributed by atoms with Gasteiger partial charge in [0, 0.05) is 12.4 Å². The molecule has 0 heterocycles. The highest BCUT2D eigenvalue weighted by molar-refractivity contribution is 7.80. The average molecular weight is 130 g/mol. The normalized spacial score (nSPS) is 9.62. The second-order valence-electron chi connectivity index (χ2n) is 1.28. The predicted octanol–water partition coefficient (Wildman–Crippen LogP) is 0.743. The molecule has 0 rings (SSSR count). The molecule has 3 N–H and O–H groups in total. The first-order valence-electron chi connectivity index (χ1n) is 2.47. The monoisotopic (exact) mass is 130 g/mol. The largest absolute Gasteiger partial charge is 0.403 e. The molecule has 0 unspecified atom stereocenters. The maximum Gasteiger partial charge on any atom is 0.0790 e. The molecule has 0 aliphatic heterocycles. The van der Waals surface area contributed by atoms with Crippen molar-refractivity contribution in [2.24, 2.45) is 5.73 Å². The van der Waals surface area contributed by atoms with Gasteiger partial charge in [0.25, 0.3) is 0 Å². The standard InChI is InChI=1S/C5H10N2S/c1-2-5(8)7-4-3-6/h3-4H,2,6H2,1H3,(H,7,8)/b4-3-. The minimum Gasteiger partial charge on any atom is -0.403 e. The summed E-state index contributed by atoms with van der Waals surface area (Å²) in [5, 5.41) is 2.81. The van der Waals surface area contributed by atoms with Crippen molar-refractivity contribution < 1.29 is 0 Å². The number of nitrogens with one attached hydrogen (secondary N) is 1. The van der Waals surface area contributed by atoms with E-state index in [-0.39, 0.29) is 0 Å². The van der Waals surface area contributed by atoms with Crippen LogP contribution in [-0.2, 0) is 0 Å². The summed E-state index contributed by atoms with van der Waals surface area (Å²) in [6.45, 7) is 1.99. The van der Waals surface area contributed by atoms with Crippen molar-refractivity contribution in [3.63, 3.8) is 0 Å². The zero-order chi connectivity index (χ0) is 6.41. The maximum atomic E-state index is 5.03. The summed E-state index contributed by atoms with van der Waals surface area (Å²) < 4.78 is 0. The van der Waals surface area contributed by atoms with Crippen LogP contribution in [0.3, 0.4) is 0 Å². The first kappa shape index (κ1) is 7.43. The maximum absolute atomic E-state index is 5.03. The number of rotatable bonds is 2. The van der Waals surface area contributed by atoms with Crippen molar-refractivity contribution in [3.8, 4) is 0 Å². The van der Waals surface area contributed by atoms with Crippen LogP contribution in [0.1, 0.15) is 13.3 Å². The Morgan fingerprint density at radius 3 is 2.88 bits per heavy atom. The summed E-state index contributed by atoms with van der Waals surface area (Å²) in [6.07, 6.45) is 3.90. The van der Waals surface area contributed by atoms with E-state index >= 15 is 0 Å². The topological polar surface area (TPSA) is 38.0 Å². The van der Waals surface area contributed by atoms with Crippen LogP contribution in [0.15, 0.2) is 12.4 Å². The third-order valence-electron chi connectivity index (χ3n) is 0.662. The van der Waals surface area contributed by atoms with E-state index in [2.05, 4.69) is 5.32 Å². The molecule has 0 amide bonds. The molecule has 0 aromatic carbocycles. The predicted molar refractivity (Wildman–Crippen MR) is 39.4 cm³/mol. The van der Waals surface area contributed by atoms with Crippen LogP contribution in [0.4, 0.5) is 0 Å². The van der Waals surface area contributed by atoms with Crippen LogP contribution in [0.2, 0.25) is 0 Å². The lowest BCUT2D eigenvalue weighted by Gasteiger charge is -1.94. The zero-order valence-electron chi connectivity index (χ0n) is 4.85. The Bertz CT molecular complexity index is 98.6. The molecule has 0 radical (unpaired) electrons. The Morgan fingerprint density at radius 1 is 1.88 bits per heavy atom. The van der Waals surface area contributed by atoms with Crippen LogP contribution in [0.25, 0.3) is 0 Å². The van der Waals surface area contributed by atoms with Gasteiger partial charge in [0.15, 0.2) is 0 Å². The molecule has 0 spiro atoms. The van der Waals surface area contributed by atoms with Crippen LogP contribution >= 0.6 is 12.2 Å². The first-order valence-corrected chi connectivity index (χ1v) is 2.88. The van der Waals surface area contributed by atoms with Crippen LogP contribution < -0.4 is 11.1 Å². The van der Waals surface area contributed by atoms with Gasteiger partial charge in [-0.3, -0.25) is 0 Å². The summed E-state index contributed by atoms with van der Waals surface area (Å²) in [6, 6.07) is 0. The lowest BCUT2D eigenvalue weighted by Crippen LogP contribution is -2.12. The van der Waals surface area contributed by atoms with E-state index < -0.39 is 0 Å². The van der Waals surface area contributed by atoms with Gasteiger partial charge in [-0.15, -0.1) is 0 Å². The third-order valence-corrected chi connectivity index (χ3v) is 1.07. The second kappa shape index (κ2) is 4.59. The fraction of sp³-hybridized carbons (Fsp3) is 0.400. The third kappa shape index (κ3) is 3.61. The van der Waals surface area contributed by atoms with Crippen molar-refractivity contribution in [1.82, 2.24) is 5.32 Å². The van der Waals surface area contributed by atoms with E-state index in [4.69, 9.17) is 18.0 Å². The van der Waals surface area contributed by atoms with Gasteiger partial charge in [0.05, 0.1) is 4.99 Å². The molecule has 0 aliphatic carbocycles. The number of nitrogens with two attached hydrogens (primary N) is 1. The van der Waals surface area contributed by atoms with E-state index in [1.165, 1.54) is 6.20 Å². The highest BCUT2D eigenvalue weighted by atomic mass is 32.1. The highest BCUT2D eigenvalue weighted by Gasteiger charge is 1.81. The Hall–Kier alpha value is -0.570. The molecule has 0 bridgehead atoms. The lowest BCUT2D eigenvalue weighted by atomic mass is 10.5. The number of hydrogen-bond acceptors (Lipinski definition) is 2. The Morgan fingerprint density at radius 2 is 2.50 bits per heavy atom. The van der Waals surface area contributed by atoms with Crippen molar-refractivity contribution in [1.29, 1.82) is 0 Å². The molecule has 8 heavy (non-hydrogen) atoms. The van der Waals surface area contributed by atoms with E-state index in [9.17, 15) is 0 Å². The average Bonchev–Trinajstić information content (AvgIpc) is 1.83. The molecule has 46 valence electrons. The summed E-state index contributed by atoms with van der Waals surface area (Å²) in [4.78, 5) is 0.812. The van der Waals surface area contributed by atoms with Crippen molar-refractivity contribution in [3.05, 3.63) is 12.4 Å². The van der Waals surface area contributed by atoms with E-state index in [0.29, 0.717) is 0 Å². The van der Waals surface area contributed by atoms with Gasteiger partial charge in [0.1, 0.15) is 0 Å². The molecule has 0 atom stereocenters. The van der Waals surface area contributed by atoms with Gasteiger partial charge in [-0.2, -0.15) is 0 Å². The minimum atomic E-state index is 0.812. The summed E-state index contributed by atoms with van der Waals surface area (Å²) in [7, 11) is 0. The molecule has 0 aliphatic rings. The molecule has 3 heteroatoms. The van der Waals surface area contributed by atoms with Crippen molar-refractivity contribution >= 4 is 17.2 Å². The van der Waals surface area contributed by atoms with Gasteiger partial charge < -0.3 is 11.1 Å². The second-order valence-corrected chi connectivity index (χ2v) is 1.77. The summed E-state index contributed by atoms with van der Waals surface area (Å²) in [5.74, 6) is 0. The molecule has 0 saturated heterocycles. The Balaban J connectivity index is 3.25. The van der Waals surface area contributed by atoms with Gasteiger partial charge >= 0.3 is 0 Å². The lowest BCUT2D eigenvalue weighted by molar-refractivity contribution is 1.17. The van der Waals surface area contributed by atoms with Crippen LogP contribution in [0.5, 0.6) is 0 Å². The molecular weight excluding hydrogens is 120 g/mol. The first-order chi connectivity index (χ1) is 3.81. The highest BCUT2D eigenvalue weighted by Crippen LogP contribution is 1.77. The van der Waals surface area contributed by atoms with E-state index in [1.807, 2.05) is 6.92 Å². The fourth-order valence-corrected chi connectivity index (χ4v) is 0.311. The minimum absolute atomic E-state index is 0.812. The summed E-state index contributed by atoms with van der Waals surface area (Å²) >= 11 is 4.80.